The largest absolute Gasteiger partial charge is 0.268 e. The Morgan fingerprint density at radius 3 is 2.63 bits per heavy atom. The summed E-state index contributed by atoms with van der Waals surface area (Å²) in [6.45, 7) is 0. The molecule has 0 bridgehead atoms. The second kappa shape index (κ2) is 4.28. The van der Waals surface area contributed by atoms with Gasteiger partial charge < -0.3 is 0 Å². The van der Waals surface area contributed by atoms with Crippen molar-refractivity contribution in [3.05, 3.63) is 70.8 Å². The molecule has 3 nitrogen and oxygen atoms in total. The molecule has 94 valence electrons. The second-order valence-electron chi connectivity index (χ2n) is 4.01. The van der Waals surface area contributed by atoms with Crippen LogP contribution in [0.3, 0.4) is 0 Å². The first kappa shape index (κ1) is 11.5. The van der Waals surface area contributed by atoms with Gasteiger partial charge in [0.05, 0.1) is 16.6 Å². The predicted molar refractivity (Wildman–Crippen MR) is 67.3 cm³/mol. The molecule has 2 aromatic carbocycles. The number of hydrogen-bond acceptors (Lipinski definition) is 2. The van der Waals surface area contributed by atoms with E-state index < -0.39 is 17.2 Å². The van der Waals surface area contributed by atoms with Crippen molar-refractivity contribution in [1.29, 1.82) is 0 Å². The van der Waals surface area contributed by atoms with Gasteiger partial charge in [0.2, 0.25) is 0 Å². The Kier molecular flexibility index (Phi) is 2.59. The van der Waals surface area contributed by atoms with Crippen LogP contribution in [0.4, 0.5) is 8.78 Å². The van der Waals surface area contributed by atoms with E-state index in [4.69, 9.17) is 0 Å². The van der Waals surface area contributed by atoms with E-state index in [1.165, 1.54) is 18.5 Å². The van der Waals surface area contributed by atoms with Crippen LogP contribution < -0.4 is 5.56 Å². The maximum absolute atomic E-state index is 13.7. The Balaban J connectivity index is 2.35. The molecule has 0 amide bonds. The van der Waals surface area contributed by atoms with E-state index in [9.17, 15) is 13.6 Å². The molecule has 0 radical (unpaired) electrons. The van der Waals surface area contributed by atoms with Gasteiger partial charge in [-0.2, -0.15) is 0 Å². The van der Waals surface area contributed by atoms with Gasteiger partial charge in [-0.25, -0.2) is 13.8 Å². The van der Waals surface area contributed by atoms with Crippen molar-refractivity contribution < 1.29 is 8.78 Å². The quantitative estimate of drug-likeness (QED) is 0.672. The number of benzene rings is 2. The van der Waals surface area contributed by atoms with Crippen LogP contribution in [-0.2, 0) is 0 Å². The normalized spacial score (nSPS) is 10.8. The zero-order chi connectivity index (χ0) is 13.4. The number of aromatic nitrogens is 2. The summed E-state index contributed by atoms with van der Waals surface area (Å²) in [4.78, 5) is 16.3. The third-order valence-electron chi connectivity index (χ3n) is 2.86. The summed E-state index contributed by atoms with van der Waals surface area (Å²) in [5.74, 6) is -2.07. The van der Waals surface area contributed by atoms with Crippen molar-refractivity contribution >= 4 is 10.9 Å². The van der Waals surface area contributed by atoms with Gasteiger partial charge in [0, 0.05) is 0 Å². The highest BCUT2D eigenvalue weighted by Crippen LogP contribution is 2.15. The lowest BCUT2D eigenvalue weighted by Gasteiger charge is -2.07. The molecule has 5 heteroatoms. The van der Waals surface area contributed by atoms with Gasteiger partial charge in [-0.05, 0) is 24.3 Å². The van der Waals surface area contributed by atoms with E-state index >= 15 is 0 Å². The molecule has 0 atom stereocenters. The van der Waals surface area contributed by atoms with Crippen LogP contribution in [0.15, 0.2) is 53.6 Å². The Hall–Kier alpha value is -2.56. The van der Waals surface area contributed by atoms with Crippen LogP contribution in [0.5, 0.6) is 0 Å². The molecule has 19 heavy (non-hydrogen) atoms. The van der Waals surface area contributed by atoms with Crippen molar-refractivity contribution in [2.75, 3.05) is 0 Å². The first-order chi connectivity index (χ1) is 9.18. The maximum Gasteiger partial charge on any atom is 0.265 e. The van der Waals surface area contributed by atoms with Crippen molar-refractivity contribution in [2.24, 2.45) is 0 Å². The molecule has 0 spiro atoms. The summed E-state index contributed by atoms with van der Waals surface area (Å²) in [7, 11) is 0. The molecule has 0 N–H and O–H groups in total. The molecular formula is C14H8F2N2O. The van der Waals surface area contributed by atoms with E-state index in [0.717, 1.165) is 10.6 Å². The third kappa shape index (κ3) is 1.79. The fourth-order valence-corrected chi connectivity index (χ4v) is 1.92. The van der Waals surface area contributed by atoms with Gasteiger partial charge in [-0.3, -0.25) is 9.36 Å². The van der Waals surface area contributed by atoms with E-state index in [1.807, 2.05) is 0 Å². The van der Waals surface area contributed by atoms with E-state index in [2.05, 4.69) is 4.98 Å². The average molecular weight is 258 g/mol. The zero-order valence-corrected chi connectivity index (χ0v) is 9.68. The smallest absolute Gasteiger partial charge is 0.265 e. The number of hydrogen-bond donors (Lipinski definition) is 0. The van der Waals surface area contributed by atoms with Crippen LogP contribution in [0, 0.1) is 11.6 Å². The van der Waals surface area contributed by atoms with Crippen molar-refractivity contribution in [3.8, 4) is 5.69 Å². The van der Waals surface area contributed by atoms with Gasteiger partial charge in [0.25, 0.3) is 5.56 Å². The van der Waals surface area contributed by atoms with Crippen molar-refractivity contribution in [3.63, 3.8) is 0 Å². The fourth-order valence-electron chi connectivity index (χ4n) is 1.92. The molecule has 0 saturated carbocycles. The number of fused-ring (bicyclic) bond motifs is 1. The molecule has 3 aromatic rings. The SMILES string of the molecule is O=c1c2ccccc2ncn1-c1cccc(F)c1F. The third-order valence-corrected chi connectivity index (χ3v) is 2.86. The van der Waals surface area contributed by atoms with Gasteiger partial charge in [0.1, 0.15) is 6.33 Å². The topological polar surface area (TPSA) is 34.9 Å². The minimum Gasteiger partial charge on any atom is -0.268 e. The molecule has 0 unspecified atom stereocenters. The number of halogens is 2. The highest BCUT2D eigenvalue weighted by Gasteiger charge is 2.12. The monoisotopic (exact) mass is 258 g/mol. The summed E-state index contributed by atoms with van der Waals surface area (Å²) in [5.41, 5.74) is -0.0704. The second-order valence-corrected chi connectivity index (χ2v) is 4.01. The van der Waals surface area contributed by atoms with Gasteiger partial charge in [-0.1, -0.05) is 18.2 Å². The highest BCUT2D eigenvalue weighted by molar-refractivity contribution is 5.77. The molecule has 0 fully saturated rings. The zero-order valence-electron chi connectivity index (χ0n) is 9.68. The molecule has 0 aliphatic rings. The molecule has 0 aliphatic heterocycles. The molecule has 0 aliphatic carbocycles. The van der Waals surface area contributed by atoms with Crippen molar-refractivity contribution in [2.45, 2.75) is 0 Å². The van der Waals surface area contributed by atoms with Crippen LogP contribution in [0.2, 0.25) is 0 Å². The van der Waals surface area contributed by atoms with E-state index in [0.29, 0.717) is 10.9 Å². The summed E-state index contributed by atoms with van der Waals surface area (Å²) in [5, 5.41) is 0.355. The lowest BCUT2D eigenvalue weighted by Crippen LogP contribution is -2.20. The molecule has 3 rings (SSSR count). The average Bonchev–Trinajstić information content (AvgIpc) is 2.43. The Bertz CT molecular complexity index is 827. The summed E-state index contributed by atoms with van der Waals surface area (Å²) in [6, 6.07) is 10.4. The van der Waals surface area contributed by atoms with Gasteiger partial charge >= 0.3 is 0 Å². The van der Waals surface area contributed by atoms with Crippen LogP contribution in [-0.4, -0.2) is 9.55 Å². The Labute approximate surface area is 106 Å². The lowest BCUT2D eigenvalue weighted by atomic mass is 10.2. The van der Waals surface area contributed by atoms with Crippen LogP contribution in [0.25, 0.3) is 16.6 Å². The summed E-state index contributed by atoms with van der Waals surface area (Å²) >= 11 is 0. The first-order valence-corrected chi connectivity index (χ1v) is 5.59. The minimum absolute atomic E-state index is 0.150. The van der Waals surface area contributed by atoms with Crippen LogP contribution in [0.1, 0.15) is 0 Å². The highest BCUT2D eigenvalue weighted by atomic mass is 19.2. The lowest BCUT2D eigenvalue weighted by molar-refractivity contribution is 0.503. The van der Waals surface area contributed by atoms with E-state index in [1.54, 1.807) is 24.3 Å². The minimum atomic E-state index is -1.07. The Morgan fingerprint density at radius 2 is 1.79 bits per heavy atom. The molecule has 1 heterocycles. The van der Waals surface area contributed by atoms with Gasteiger partial charge in [-0.15, -0.1) is 0 Å². The molecular weight excluding hydrogens is 250 g/mol. The molecule has 1 aromatic heterocycles. The van der Waals surface area contributed by atoms with Crippen molar-refractivity contribution in [1.82, 2.24) is 9.55 Å². The summed E-state index contributed by atoms with van der Waals surface area (Å²) < 4.78 is 27.9. The molecule has 0 saturated heterocycles. The summed E-state index contributed by atoms with van der Waals surface area (Å²) in [6.07, 6.45) is 1.20. The van der Waals surface area contributed by atoms with Crippen LogP contribution >= 0.6 is 0 Å². The number of nitrogens with zero attached hydrogens (tertiary/aromatic N) is 2. The number of para-hydroxylation sites is 1. The first-order valence-electron chi connectivity index (χ1n) is 5.59. The predicted octanol–water partition coefficient (Wildman–Crippen LogP) is 2.66. The van der Waals surface area contributed by atoms with Gasteiger partial charge in [0.15, 0.2) is 11.6 Å². The maximum atomic E-state index is 13.7. The fraction of sp³-hybridized carbons (Fsp3) is 0. The number of rotatable bonds is 1. The van der Waals surface area contributed by atoms with E-state index in [-0.39, 0.29) is 5.69 Å². The standard InChI is InChI=1S/C14H8F2N2O/c15-10-5-3-7-12(13(10)16)18-8-17-11-6-2-1-4-9(11)14(18)19/h1-8H. The Morgan fingerprint density at radius 1 is 1.00 bits per heavy atom.